The number of nitrogens with zero attached hydrogens (tertiary/aromatic N) is 5. The number of halogens is 2. The SMILES string of the molecule is CO[C@@]1(C(=O)Nc2ccc3[nH]nc(-c4ccc(F)cc4)c3c2)CCN(CC(=O)N2CC=C(c3ccc(-c4ncc(F)cn4)cc3)CC2)C1. The molecular weight excluding hydrogens is 616 g/mol. The number of methoxy groups -OCH3 is 1. The molecule has 0 unspecified atom stereocenters. The molecule has 2 aliphatic rings. The van der Waals surface area contributed by atoms with Gasteiger partial charge < -0.3 is 15.0 Å². The van der Waals surface area contributed by atoms with E-state index >= 15 is 0 Å². The van der Waals surface area contributed by atoms with Gasteiger partial charge in [0.2, 0.25) is 5.91 Å². The van der Waals surface area contributed by atoms with Gasteiger partial charge in [-0.3, -0.25) is 19.6 Å². The zero-order valence-corrected chi connectivity index (χ0v) is 26.2. The molecule has 1 fully saturated rings. The maximum atomic E-state index is 13.6. The first-order valence-corrected chi connectivity index (χ1v) is 15.7. The molecule has 2 aliphatic heterocycles. The van der Waals surface area contributed by atoms with Crippen molar-refractivity contribution in [2.45, 2.75) is 18.4 Å². The Morgan fingerprint density at radius 1 is 0.938 bits per heavy atom. The molecule has 7 rings (SSSR count). The second-order valence-electron chi connectivity index (χ2n) is 12.1. The largest absolute Gasteiger partial charge is 0.367 e. The molecule has 2 N–H and O–H groups in total. The van der Waals surface area contributed by atoms with Gasteiger partial charge in [-0.2, -0.15) is 5.10 Å². The molecule has 12 heteroatoms. The molecule has 48 heavy (non-hydrogen) atoms. The van der Waals surface area contributed by atoms with Crippen molar-refractivity contribution >= 4 is 34.0 Å². The lowest BCUT2D eigenvalue weighted by molar-refractivity contribution is -0.138. The Bertz CT molecular complexity index is 2000. The number of aromatic amines is 1. The molecule has 0 aliphatic carbocycles. The summed E-state index contributed by atoms with van der Waals surface area (Å²) >= 11 is 0. The molecule has 10 nitrogen and oxygen atoms in total. The van der Waals surface area contributed by atoms with Gasteiger partial charge in [0.1, 0.15) is 5.82 Å². The van der Waals surface area contributed by atoms with Gasteiger partial charge in [0, 0.05) is 55.5 Å². The Labute approximate surface area is 275 Å². The fourth-order valence-corrected chi connectivity index (χ4v) is 6.35. The van der Waals surface area contributed by atoms with Crippen molar-refractivity contribution in [3.8, 4) is 22.6 Å². The van der Waals surface area contributed by atoms with Gasteiger partial charge in [-0.05, 0) is 66.4 Å². The summed E-state index contributed by atoms with van der Waals surface area (Å²) in [5, 5.41) is 11.2. The molecule has 0 bridgehead atoms. The summed E-state index contributed by atoms with van der Waals surface area (Å²) in [5.41, 5.74) is 4.68. The highest BCUT2D eigenvalue weighted by molar-refractivity contribution is 6.01. The fourth-order valence-electron chi connectivity index (χ4n) is 6.35. The fraction of sp³-hybridized carbons (Fsp3) is 0.250. The number of anilines is 1. The van der Waals surface area contributed by atoms with Crippen LogP contribution in [0.4, 0.5) is 14.5 Å². The number of carbonyl (C=O) groups is 2. The Morgan fingerprint density at radius 3 is 2.38 bits per heavy atom. The summed E-state index contributed by atoms with van der Waals surface area (Å²) in [6.07, 6.45) is 5.52. The topological polar surface area (TPSA) is 116 Å². The van der Waals surface area contributed by atoms with Crippen LogP contribution in [0.1, 0.15) is 18.4 Å². The van der Waals surface area contributed by atoms with Crippen LogP contribution in [0, 0.1) is 11.6 Å². The first-order valence-electron chi connectivity index (χ1n) is 15.7. The number of rotatable bonds is 8. The van der Waals surface area contributed by atoms with E-state index in [1.807, 2.05) is 46.2 Å². The van der Waals surface area contributed by atoms with E-state index < -0.39 is 11.4 Å². The summed E-state index contributed by atoms with van der Waals surface area (Å²) in [7, 11) is 1.52. The van der Waals surface area contributed by atoms with Crippen LogP contribution in [0.3, 0.4) is 0 Å². The van der Waals surface area contributed by atoms with Crippen LogP contribution in [0.25, 0.3) is 39.1 Å². The summed E-state index contributed by atoms with van der Waals surface area (Å²) in [6, 6.07) is 19.3. The van der Waals surface area contributed by atoms with Crippen LogP contribution >= 0.6 is 0 Å². The van der Waals surface area contributed by atoms with E-state index in [-0.39, 0.29) is 30.7 Å². The van der Waals surface area contributed by atoms with Gasteiger partial charge in [-0.25, -0.2) is 18.7 Å². The Morgan fingerprint density at radius 2 is 1.67 bits per heavy atom. The number of ether oxygens (including phenoxy) is 1. The third kappa shape index (κ3) is 6.32. The maximum absolute atomic E-state index is 13.6. The third-order valence-corrected chi connectivity index (χ3v) is 9.11. The number of nitrogens with one attached hydrogen (secondary N) is 2. The number of likely N-dealkylation sites (tertiary alicyclic amines) is 1. The molecule has 0 radical (unpaired) electrons. The number of H-pyrrole nitrogens is 1. The monoisotopic (exact) mass is 649 g/mol. The minimum atomic E-state index is -1.11. The summed E-state index contributed by atoms with van der Waals surface area (Å²) in [5.74, 6) is -0.629. The van der Waals surface area contributed by atoms with Gasteiger partial charge >= 0.3 is 0 Å². The van der Waals surface area contributed by atoms with Crippen LogP contribution in [0.15, 0.2) is 85.2 Å². The number of hydrogen-bond acceptors (Lipinski definition) is 7. The molecule has 5 aromatic rings. The summed E-state index contributed by atoms with van der Waals surface area (Å²) in [6.45, 7) is 2.11. The molecule has 3 aromatic carbocycles. The zero-order chi connectivity index (χ0) is 33.3. The molecule has 0 saturated carbocycles. The predicted molar refractivity (Wildman–Crippen MR) is 178 cm³/mol. The highest BCUT2D eigenvalue weighted by atomic mass is 19.1. The minimum Gasteiger partial charge on any atom is -0.367 e. The molecule has 1 saturated heterocycles. The number of hydrogen-bond donors (Lipinski definition) is 2. The lowest BCUT2D eigenvalue weighted by atomic mass is 9.98. The first-order chi connectivity index (χ1) is 23.3. The van der Waals surface area contributed by atoms with Crippen molar-refractivity contribution in [3.63, 3.8) is 0 Å². The third-order valence-electron chi connectivity index (χ3n) is 9.11. The van der Waals surface area contributed by atoms with Gasteiger partial charge in [0.25, 0.3) is 5.91 Å². The van der Waals surface area contributed by atoms with E-state index in [1.165, 1.54) is 19.2 Å². The van der Waals surface area contributed by atoms with Gasteiger partial charge in [0.15, 0.2) is 17.2 Å². The van der Waals surface area contributed by atoms with Gasteiger partial charge in [-0.15, -0.1) is 0 Å². The normalized spacial score (nSPS) is 18.2. The van der Waals surface area contributed by atoms with E-state index in [4.69, 9.17) is 4.74 Å². The maximum Gasteiger partial charge on any atom is 0.258 e. The highest BCUT2D eigenvalue weighted by Gasteiger charge is 2.45. The Balaban J connectivity index is 0.956. The van der Waals surface area contributed by atoms with Crippen molar-refractivity contribution < 1.29 is 23.1 Å². The zero-order valence-electron chi connectivity index (χ0n) is 26.2. The minimum absolute atomic E-state index is 0.000139. The van der Waals surface area contributed by atoms with Gasteiger partial charge in [0.05, 0.1) is 30.1 Å². The summed E-state index contributed by atoms with van der Waals surface area (Å²) in [4.78, 5) is 38.8. The van der Waals surface area contributed by atoms with E-state index in [0.717, 1.165) is 45.6 Å². The number of carbonyl (C=O) groups excluding carboxylic acids is 2. The van der Waals surface area contributed by atoms with E-state index in [0.29, 0.717) is 49.7 Å². The highest BCUT2D eigenvalue weighted by Crippen LogP contribution is 2.31. The Kier molecular flexibility index (Phi) is 8.50. The average Bonchev–Trinajstić information content (AvgIpc) is 3.74. The smallest absolute Gasteiger partial charge is 0.258 e. The second kappa shape index (κ2) is 13.1. The van der Waals surface area contributed by atoms with Crippen molar-refractivity contribution in [2.75, 3.05) is 45.2 Å². The van der Waals surface area contributed by atoms with Crippen molar-refractivity contribution in [3.05, 3.63) is 102 Å². The molecule has 0 spiro atoms. The number of fused-ring (bicyclic) bond motifs is 1. The van der Waals surface area contributed by atoms with Crippen LogP contribution in [0.2, 0.25) is 0 Å². The molecule has 4 heterocycles. The molecule has 1 atom stereocenters. The van der Waals surface area contributed by atoms with Crippen LogP contribution in [-0.4, -0.2) is 87.2 Å². The van der Waals surface area contributed by atoms with E-state index in [1.54, 1.807) is 18.2 Å². The van der Waals surface area contributed by atoms with E-state index in [9.17, 15) is 18.4 Å². The van der Waals surface area contributed by atoms with Crippen LogP contribution < -0.4 is 5.32 Å². The molecule has 244 valence electrons. The Hall–Kier alpha value is -5.33. The summed E-state index contributed by atoms with van der Waals surface area (Å²) < 4.78 is 32.4. The van der Waals surface area contributed by atoms with Gasteiger partial charge in [-0.1, -0.05) is 30.3 Å². The molecular formula is C36H33F2N7O3. The first kappa shape index (κ1) is 31.3. The standard InChI is InChI=1S/C36H33F2N7O3/c1-48-36(35(47)41-29-10-11-31-30(18-29)33(43-42-31)25-6-8-27(37)9-7-25)14-17-44(22-36)21-32(46)45-15-12-24(13-16-45)23-2-4-26(5-3-23)34-39-19-28(38)20-40-34/h2-12,18-20H,13-17,21-22H2,1H3,(H,41,47)(H,42,43)/t36-/m0/s1. The lowest BCUT2D eigenvalue weighted by Gasteiger charge is -2.30. The average molecular weight is 650 g/mol. The van der Waals surface area contributed by atoms with Crippen LogP contribution in [0.5, 0.6) is 0 Å². The molecule has 2 amide bonds. The lowest BCUT2D eigenvalue weighted by Crippen LogP contribution is -2.48. The number of aromatic nitrogens is 4. The second-order valence-corrected chi connectivity index (χ2v) is 12.1. The number of amides is 2. The predicted octanol–water partition coefficient (Wildman–Crippen LogP) is 5.31. The van der Waals surface area contributed by atoms with Crippen LogP contribution in [-0.2, 0) is 14.3 Å². The van der Waals surface area contributed by atoms with E-state index in [2.05, 4.69) is 31.6 Å². The molecule has 2 aromatic heterocycles. The number of benzene rings is 3. The van der Waals surface area contributed by atoms with Crippen molar-refractivity contribution in [2.24, 2.45) is 0 Å². The van der Waals surface area contributed by atoms with Crippen molar-refractivity contribution in [1.29, 1.82) is 0 Å². The quantitative estimate of drug-likeness (QED) is 0.234. The van der Waals surface area contributed by atoms with Crippen molar-refractivity contribution in [1.82, 2.24) is 30.0 Å².